The van der Waals surface area contributed by atoms with Gasteiger partial charge in [0.25, 0.3) is 0 Å². The zero-order valence-electron chi connectivity index (χ0n) is 9.86. The van der Waals surface area contributed by atoms with E-state index in [9.17, 15) is 9.18 Å². The summed E-state index contributed by atoms with van der Waals surface area (Å²) in [5, 5.41) is 8.63. The van der Waals surface area contributed by atoms with Crippen LogP contribution in [0.25, 0.3) is 0 Å². The molecule has 0 aromatic carbocycles. The van der Waals surface area contributed by atoms with Crippen molar-refractivity contribution in [3.63, 3.8) is 0 Å². The number of anilines is 1. The normalized spacial score (nSPS) is 16.9. The second kappa shape index (κ2) is 5.07. The molecule has 1 saturated heterocycles. The smallest absolute Gasteiger partial charge is 0.338 e. The van der Waals surface area contributed by atoms with E-state index in [1.807, 2.05) is 7.05 Å². The fourth-order valence-electron chi connectivity index (χ4n) is 1.85. The molecule has 0 spiro atoms. The standard InChI is InChI=1S/C11H13ClFN3O2/c1-15-2-4-16(5-3-15)10-8(13)6-7(11(17)18)9(12)14-10/h6H,2-5H2,1H3,(H,17,18). The number of carboxylic acid groups (broad SMARTS) is 1. The fraction of sp³-hybridized carbons (Fsp3) is 0.455. The maximum Gasteiger partial charge on any atom is 0.338 e. The van der Waals surface area contributed by atoms with Crippen LogP contribution in [0.2, 0.25) is 5.15 Å². The van der Waals surface area contributed by atoms with Crippen molar-refractivity contribution in [1.29, 1.82) is 0 Å². The van der Waals surface area contributed by atoms with E-state index < -0.39 is 11.8 Å². The van der Waals surface area contributed by atoms with Gasteiger partial charge < -0.3 is 14.9 Å². The Morgan fingerprint density at radius 2 is 2.06 bits per heavy atom. The van der Waals surface area contributed by atoms with Crippen LogP contribution < -0.4 is 4.90 Å². The van der Waals surface area contributed by atoms with Crippen LogP contribution in [0.1, 0.15) is 10.4 Å². The number of likely N-dealkylation sites (N-methyl/N-ethyl adjacent to an activating group) is 1. The Morgan fingerprint density at radius 1 is 1.44 bits per heavy atom. The molecule has 98 valence electrons. The number of aromatic carboxylic acids is 1. The van der Waals surface area contributed by atoms with Gasteiger partial charge in [0.15, 0.2) is 11.6 Å². The highest BCUT2D eigenvalue weighted by Gasteiger charge is 2.22. The number of carbonyl (C=O) groups is 1. The topological polar surface area (TPSA) is 56.7 Å². The average molecular weight is 274 g/mol. The van der Waals surface area contributed by atoms with Crippen LogP contribution in [0.5, 0.6) is 0 Å². The van der Waals surface area contributed by atoms with Gasteiger partial charge in [-0.15, -0.1) is 0 Å². The minimum absolute atomic E-state index is 0.123. The largest absolute Gasteiger partial charge is 0.478 e. The van der Waals surface area contributed by atoms with Crippen molar-refractivity contribution in [2.45, 2.75) is 0 Å². The Labute approximate surface area is 109 Å². The molecule has 1 aliphatic rings. The third-order valence-electron chi connectivity index (χ3n) is 2.94. The molecule has 0 amide bonds. The fourth-order valence-corrected chi connectivity index (χ4v) is 2.06. The molecule has 0 aliphatic carbocycles. The first kappa shape index (κ1) is 13.0. The zero-order valence-corrected chi connectivity index (χ0v) is 10.6. The quantitative estimate of drug-likeness (QED) is 0.824. The van der Waals surface area contributed by atoms with Crippen molar-refractivity contribution in [2.24, 2.45) is 0 Å². The maximum atomic E-state index is 13.8. The molecule has 1 N–H and O–H groups in total. The molecular formula is C11H13ClFN3O2. The van der Waals surface area contributed by atoms with E-state index in [-0.39, 0.29) is 16.5 Å². The van der Waals surface area contributed by atoms with E-state index in [0.717, 1.165) is 19.2 Å². The predicted molar refractivity (Wildman–Crippen MR) is 65.9 cm³/mol. The third kappa shape index (κ3) is 2.54. The Morgan fingerprint density at radius 3 is 2.61 bits per heavy atom. The number of nitrogens with zero attached hydrogens (tertiary/aromatic N) is 3. The lowest BCUT2D eigenvalue weighted by atomic mass is 10.2. The summed E-state index contributed by atoms with van der Waals surface area (Å²) in [4.78, 5) is 18.6. The van der Waals surface area contributed by atoms with E-state index in [1.165, 1.54) is 0 Å². The summed E-state index contributed by atoms with van der Waals surface area (Å²) in [5.41, 5.74) is -0.313. The van der Waals surface area contributed by atoms with Crippen LogP contribution in [0.15, 0.2) is 6.07 Å². The number of hydrogen-bond acceptors (Lipinski definition) is 4. The Bertz CT molecular complexity index is 476. The highest BCUT2D eigenvalue weighted by molar-refractivity contribution is 6.32. The summed E-state index contributed by atoms with van der Waals surface area (Å²) in [6.07, 6.45) is 0. The van der Waals surface area contributed by atoms with Gasteiger partial charge in [-0.3, -0.25) is 0 Å². The predicted octanol–water partition coefficient (Wildman–Crippen LogP) is 1.32. The number of carboxylic acids is 1. The molecule has 5 nitrogen and oxygen atoms in total. The first-order chi connectivity index (χ1) is 8.49. The molecule has 1 aromatic rings. The van der Waals surface area contributed by atoms with Crippen LogP contribution in [0, 0.1) is 5.82 Å². The minimum atomic E-state index is -1.28. The summed E-state index contributed by atoms with van der Waals surface area (Å²) in [6.45, 7) is 2.89. The third-order valence-corrected chi connectivity index (χ3v) is 3.23. The van der Waals surface area contributed by atoms with Gasteiger partial charge in [0.1, 0.15) is 5.15 Å². The van der Waals surface area contributed by atoms with Crippen LogP contribution >= 0.6 is 11.6 Å². The molecule has 2 heterocycles. The lowest BCUT2D eigenvalue weighted by Gasteiger charge is -2.33. The van der Waals surface area contributed by atoms with E-state index in [4.69, 9.17) is 16.7 Å². The molecule has 1 aliphatic heterocycles. The van der Waals surface area contributed by atoms with Gasteiger partial charge in [-0.1, -0.05) is 11.6 Å². The molecule has 0 saturated carbocycles. The van der Waals surface area contributed by atoms with Crippen LogP contribution in [0.4, 0.5) is 10.2 Å². The summed E-state index contributed by atoms with van der Waals surface area (Å²) in [5.74, 6) is -1.81. The molecule has 7 heteroatoms. The zero-order chi connectivity index (χ0) is 13.3. The molecule has 0 atom stereocenters. The van der Waals surface area contributed by atoms with Crippen molar-refractivity contribution in [1.82, 2.24) is 9.88 Å². The minimum Gasteiger partial charge on any atom is -0.478 e. The van der Waals surface area contributed by atoms with Crippen molar-refractivity contribution in [3.8, 4) is 0 Å². The van der Waals surface area contributed by atoms with Crippen LogP contribution in [0.3, 0.4) is 0 Å². The second-order valence-corrected chi connectivity index (χ2v) is 4.59. The number of piperazine rings is 1. The van der Waals surface area contributed by atoms with Gasteiger partial charge in [0, 0.05) is 26.2 Å². The lowest BCUT2D eigenvalue weighted by Crippen LogP contribution is -2.45. The number of pyridine rings is 1. The number of rotatable bonds is 2. The van der Waals surface area contributed by atoms with E-state index in [2.05, 4.69) is 9.88 Å². The Balaban J connectivity index is 2.29. The Kier molecular flexibility index (Phi) is 3.68. The van der Waals surface area contributed by atoms with E-state index >= 15 is 0 Å². The summed E-state index contributed by atoms with van der Waals surface area (Å²) >= 11 is 5.75. The highest BCUT2D eigenvalue weighted by atomic mass is 35.5. The average Bonchev–Trinajstić information content (AvgIpc) is 2.32. The van der Waals surface area contributed by atoms with Gasteiger partial charge in [-0.05, 0) is 13.1 Å². The second-order valence-electron chi connectivity index (χ2n) is 4.23. The highest BCUT2D eigenvalue weighted by Crippen LogP contribution is 2.24. The molecule has 0 radical (unpaired) electrons. The molecule has 0 unspecified atom stereocenters. The Hall–Kier alpha value is -1.40. The van der Waals surface area contributed by atoms with Crippen LogP contribution in [-0.4, -0.2) is 54.2 Å². The first-order valence-corrected chi connectivity index (χ1v) is 5.89. The van der Waals surface area contributed by atoms with Crippen molar-refractivity contribution < 1.29 is 14.3 Å². The summed E-state index contributed by atoms with van der Waals surface area (Å²) in [6, 6.07) is 0.922. The van der Waals surface area contributed by atoms with Gasteiger partial charge >= 0.3 is 5.97 Å². The monoisotopic (exact) mass is 273 g/mol. The van der Waals surface area contributed by atoms with Gasteiger partial charge in [0.05, 0.1) is 5.56 Å². The van der Waals surface area contributed by atoms with E-state index in [0.29, 0.717) is 13.1 Å². The lowest BCUT2D eigenvalue weighted by molar-refractivity contribution is 0.0696. The molecule has 1 aromatic heterocycles. The SMILES string of the molecule is CN1CCN(c2nc(Cl)c(C(=O)O)cc2F)CC1. The number of halogens is 2. The number of hydrogen-bond donors (Lipinski definition) is 1. The molecular weight excluding hydrogens is 261 g/mol. The van der Waals surface area contributed by atoms with Gasteiger partial charge in [-0.25, -0.2) is 14.2 Å². The summed E-state index contributed by atoms with van der Waals surface area (Å²) in [7, 11) is 1.99. The van der Waals surface area contributed by atoms with Crippen LogP contribution in [-0.2, 0) is 0 Å². The van der Waals surface area contributed by atoms with E-state index in [1.54, 1.807) is 4.90 Å². The molecule has 1 fully saturated rings. The van der Waals surface area contributed by atoms with Gasteiger partial charge in [0.2, 0.25) is 0 Å². The van der Waals surface area contributed by atoms with Crippen molar-refractivity contribution in [3.05, 3.63) is 22.6 Å². The molecule has 2 rings (SSSR count). The maximum absolute atomic E-state index is 13.8. The van der Waals surface area contributed by atoms with Gasteiger partial charge in [-0.2, -0.15) is 0 Å². The molecule has 18 heavy (non-hydrogen) atoms. The summed E-state index contributed by atoms with van der Waals surface area (Å²) < 4.78 is 13.8. The molecule has 0 bridgehead atoms. The first-order valence-electron chi connectivity index (χ1n) is 5.52. The van der Waals surface area contributed by atoms with Crippen molar-refractivity contribution >= 4 is 23.4 Å². The van der Waals surface area contributed by atoms with Crippen molar-refractivity contribution in [2.75, 3.05) is 38.1 Å². The number of aromatic nitrogens is 1.